The molecule has 0 bridgehead atoms. The highest BCUT2D eigenvalue weighted by Crippen LogP contribution is 2.27. The molecule has 1 aromatic carbocycles. The fraction of sp³-hybridized carbons (Fsp3) is 0.500. The van der Waals surface area contributed by atoms with Gasteiger partial charge in [-0.15, -0.1) is 0 Å². The van der Waals surface area contributed by atoms with Gasteiger partial charge < -0.3 is 15.0 Å². The molecule has 0 spiro atoms. The zero-order valence-electron chi connectivity index (χ0n) is 12.3. The molecule has 3 rings (SSSR count). The van der Waals surface area contributed by atoms with Gasteiger partial charge in [-0.3, -0.25) is 4.90 Å². The van der Waals surface area contributed by atoms with Crippen molar-refractivity contribution in [3.63, 3.8) is 0 Å². The third-order valence-electron chi connectivity index (χ3n) is 4.18. The van der Waals surface area contributed by atoms with Gasteiger partial charge in [-0.1, -0.05) is 11.6 Å². The summed E-state index contributed by atoms with van der Waals surface area (Å²) in [4.78, 5) is 2.33. The van der Waals surface area contributed by atoms with Gasteiger partial charge in [0.2, 0.25) is 0 Å². The first-order valence-corrected chi connectivity index (χ1v) is 7.32. The monoisotopic (exact) mass is 273 g/mol. The molecule has 108 valence electrons. The second kappa shape index (κ2) is 5.56. The van der Waals surface area contributed by atoms with Crippen molar-refractivity contribution >= 4 is 10.9 Å². The van der Waals surface area contributed by atoms with E-state index in [4.69, 9.17) is 0 Å². The van der Waals surface area contributed by atoms with E-state index in [1.54, 1.807) is 0 Å². The van der Waals surface area contributed by atoms with Gasteiger partial charge in [-0.05, 0) is 19.1 Å². The lowest BCUT2D eigenvalue weighted by molar-refractivity contribution is 0.106. The second-order valence-electron chi connectivity index (χ2n) is 5.78. The van der Waals surface area contributed by atoms with Crippen LogP contribution < -0.4 is 5.32 Å². The molecule has 1 atom stereocenters. The smallest absolute Gasteiger partial charge is 0.0937 e. The van der Waals surface area contributed by atoms with Crippen molar-refractivity contribution < 1.29 is 5.11 Å². The maximum atomic E-state index is 10.6. The van der Waals surface area contributed by atoms with Crippen LogP contribution in [0.2, 0.25) is 0 Å². The Kier molecular flexibility index (Phi) is 3.78. The molecule has 4 heteroatoms. The number of aryl methyl sites for hydroxylation is 2. The highest BCUT2D eigenvalue weighted by atomic mass is 16.3. The molecule has 0 radical (unpaired) electrons. The van der Waals surface area contributed by atoms with E-state index < -0.39 is 6.10 Å². The van der Waals surface area contributed by atoms with Crippen LogP contribution in [0.5, 0.6) is 0 Å². The Hall–Kier alpha value is -1.36. The molecule has 1 saturated heterocycles. The summed E-state index contributed by atoms with van der Waals surface area (Å²) >= 11 is 0. The molecule has 2 N–H and O–H groups in total. The van der Waals surface area contributed by atoms with Crippen LogP contribution in [0.15, 0.2) is 24.4 Å². The summed E-state index contributed by atoms with van der Waals surface area (Å²) < 4.78 is 2.10. The van der Waals surface area contributed by atoms with Gasteiger partial charge in [0, 0.05) is 62.4 Å². The first-order valence-electron chi connectivity index (χ1n) is 7.32. The Bertz CT molecular complexity index is 599. The maximum Gasteiger partial charge on any atom is 0.0937 e. The first-order chi connectivity index (χ1) is 9.65. The number of benzene rings is 1. The topological polar surface area (TPSA) is 40.4 Å². The van der Waals surface area contributed by atoms with E-state index in [1.165, 1.54) is 16.5 Å². The lowest BCUT2D eigenvalue weighted by Gasteiger charge is -2.29. The standard InChI is InChI=1S/C16H23N3O/c1-12-3-4-15-13(9-12)14(10-18(15)2)16(20)11-19-7-5-17-6-8-19/h3-4,9-10,16-17,20H,5-8,11H2,1-2H3. The fourth-order valence-electron chi connectivity index (χ4n) is 3.04. The van der Waals surface area contributed by atoms with E-state index >= 15 is 0 Å². The molecule has 1 unspecified atom stereocenters. The van der Waals surface area contributed by atoms with Crippen LogP contribution in [-0.2, 0) is 7.05 Å². The summed E-state index contributed by atoms with van der Waals surface area (Å²) in [5.41, 5.74) is 3.47. The average Bonchev–Trinajstić information content (AvgIpc) is 2.77. The molecule has 2 heterocycles. The van der Waals surface area contributed by atoms with Crippen LogP contribution in [0.3, 0.4) is 0 Å². The van der Waals surface area contributed by atoms with Crippen LogP contribution >= 0.6 is 0 Å². The van der Waals surface area contributed by atoms with Gasteiger partial charge in [-0.25, -0.2) is 0 Å². The van der Waals surface area contributed by atoms with Crippen LogP contribution in [0, 0.1) is 6.92 Å². The lowest BCUT2D eigenvalue weighted by atomic mass is 10.1. The third kappa shape index (κ3) is 2.59. The van der Waals surface area contributed by atoms with E-state index in [-0.39, 0.29) is 0 Å². The number of nitrogens with one attached hydrogen (secondary N) is 1. The van der Waals surface area contributed by atoms with Gasteiger partial charge in [0.25, 0.3) is 0 Å². The Morgan fingerprint density at radius 3 is 2.80 bits per heavy atom. The number of hydrogen-bond donors (Lipinski definition) is 2. The number of aliphatic hydroxyl groups excluding tert-OH is 1. The molecule has 0 saturated carbocycles. The van der Waals surface area contributed by atoms with Crippen LogP contribution in [0.1, 0.15) is 17.2 Å². The van der Waals surface area contributed by atoms with E-state index in [1.807, 2.05) is 7.05 Å². The van der Waals surface area contributed by atoms with E-state index in [9.17, 15) is 5.11 Å². The third-order valence-corrected chi connectivity index (χ3v) is 4.18. The minimum Gasteiger partial charge on any atom is -0.387 e. The molecule has 0 amide bonds. The summed E-state index contributed by atoms with van der Waals surface area (Å²) in [6.45, 7) is 6.87. The number of aromatic nitrogens is 1. The summed E-state index contributed by atoms with van der Waals surface area (Å²) in [7, 11) is 2.04. The minimum atomic E-state index is -0.418. The molecule has 1 fully saturated rings. The number of β-amino-alcohol motifs (C(OH)–C–C–N with tert-alkyl or cyclic N) is 1. The van der Waals surface area contributed by atoms with Crippen molar-refractivity contribution in [1.82, 2.24) is 14.8 Å². The van der Waals surface area contributed by atoms with Crippen LogP contribution in [0.25, 0.3) is 10.9 Å². The molecule has 0 aliphatic carbocycles. The molecular weight excluding hydrogens is 250 g/mol. The predicted octanol–water partition coefficient (Wildman–Crippen LogP) is 1.43. The van der Waals surface area contributed by atoms with Crippen molar-refractivity contribution in [2.24, 2.45) is 7.05 Å². The van der Waals surface area contributed by atoms with Gasteiger partial charge in [-0.2, -0.15) is 0 Å². The number of aliphatic hydroxyl groups is 1. The zero-order valence-corrected chi connectivity index (χ0v) is 12.3. The van der Waals surface area contributed by atoms with Crippen molar-refractivity contribution in [2.45, 2.75) is 13.0 Å². The highest BCUT2D eigenvalue weighted by molar-refractivity contribution is 5.85. The van der Waals surface area contributed by atoms with Crippen molar-refractivity contribution in [1.29, 1.82) is 0 Å². The van der Waals surface area contributed by atoms with E-state index in [0.29, 0.717) is 6.54 Å². The second-order valence-corrected chi connectivity index (χ2v) is 5.78. The van der Waals surface area contributed by atoms with Crippen molar-refractivity contribution in [3.8, 4) is 0 Å². The zero-order chi connectivity index (χ0) is 14.1. The van der Waals surface area contributed by atoms with Crippen molar-refractivity contribution in [2.75, 3.05) is 32.7 Å². The number of piperazine rings is 1. The quantitative estimate of drug-likeness (QED) is 0.889. The summed E-state index contributed by atoms with van der Waals surface area (Å²) in [5, 5.41) is 15.1. The van der Waals surface area contributed by atoms with Crippen molar-refractivity contribution in [3.05, 3.63) is 35.5 Å². The Morgan fingerprint density at radius 2 is 2.05 bits per heavy atom. The van der Waals surface area contributed by atoms with Gasteiger partial charge in [0.05, 0.1) is 6.10 Å². The Balaban J connectivity index is 1.86. The lowest BCUT2D eigenvalue weighted by Crippen LogP contribution is -2.44. The summed E-state index contributed by atoms with van der Waals surface area (Å²) in [6, 6.07) is 6.42. The molecule has 1 aromatic heterocycles. The Labute approximate surface area is 120 Å². The first kappa shape index (κ1) is 13.6. The number of hydrogen-bond acceptors (Lipinski definition) is 3. The molecule has 2 aromatic rings. The van der Waals surface area contributed by atoms with Gasteiger partial charge >= 0.3 is 0 Å². The van der Waals surface area contributed by atoms with E-state index in [0.717, 1.165) is 31.7 Å². The SMILES string of the molecule is Cc1ccc2c(c1)c(C(O)CN1CCNCC1)cn2C. The highest BCUT2D eigenvalue weighted by Gasteiger charge is 2.19. The molecule has 1 aliphatic rings. The average molecular weight is 273 g/mol. The molecule has 20 heavy (non-hydrogen) atoms. The minimum absolute atomic E-state index is 0.418. The van der Waals surface area contributed by atoms with E-state index in [2.05, 4.69) is 46.1 Å². The number of nitrogens with zero attached hydrogens (tertiary/aromatic N) is 2. The normalized spacial score (nSPS) is 18.6. The predicted molar refractivity (Wildman–Crippen MR) is 81.9 cm³/mol. The Morgan fingerprint density at radius 1 is 1.30 bits per heavy atom. The number of fused-ring (bicyclic) bond motifs is 1. The van der Waals surface area contributed by atoms with Gasteiger partial charge in [0.15, 0.2) is 0 Å². The molecular formula is C16H23N3O. The maximum absolute atomic E-state index is 10.6. The van der Waals surface area contributed by atoms with Crippen LogP contribution in [-0.4, -0.2) is 47.3 Å². The van der Waals surface area contributed by atoms with Crippen LogP contribution in [0.4, 0.5) is 0 Å². The van der Waals surface area contributed by atoms with Gasteiger partial charge in [0.1, 0.15) is 0 Å². The summed E-state index contributed by atoms with van der Waals surface area (Å²) in [5.74, 6) is 0. The number of rotatable bonds is 3. The fourth-order valence-corrected chi connectivity index (χ4v) is 3.04. The molecule has 1 aliphatic heterocycles. The summed E-state index contributed by atoms with van der Waals surface area (Å²) in [6.07, 6.45) is 1.65. The largest absolute Gasteiger partial charge is 0.387 e. The molecule has 4 nitrogen and oxygen atoms in total.